The predicted molar refractivity (Wildman–Crippen MR) is 54.9 cm³/mol. The van der Waals surface area contributed by atoms with E-state index in [9.17, 15) is 0 Å². The molecule has 0 radical (unpaired) electrons. The first-order chi connectivity index (χ1) is 7.75. The Labute approximate surface area is 92.1 Å². The minimum Gasteiger partial charge on any atom is -0.457 e. The minimum absolute atomic E-state index is 0.312. The van der Waals surface area contributed by atoms with Crippen LogP contribution in [0, 0.1) is 0 Å². The highest BCUT2D eigenvalue weighted by Crippen LogP contribution is 2.21. The van der Waals surface area contributed by atoms with Gasteiger partial charge in [0.2, 0.25) is 5.69 Å². The lowest BCUT2D eigenvalue weighted by Crippen LogP contribution is -3.01. The zero-order chi connectivity index (χ0) is 11.4. The third kappa shape index (κ3) is 2.54. The van der Waals surface area contributed by atoms with Gasteiger partial charge in [0, 0.05) is 24.5 Å². The van der Waals surface area contributed by atoms with Crippen LogP contribution >= 0.6 is 0 Å². The number of ether oxygens (including phenoxy) is 1. The third-order valence-electron chi connectivity index (χ3n) is 1.98. The summed E-state index contributed by atoms with van der Waals surface area (Å²) >= 11 is 0. The van der Waals surface area contributed by atoms with E-state index in [-0.39, 0.29) is 0 Å². The van der Waals surface area contributed by atoms with Crippen molar-refractivity contribution in [2.24, 2.45) is 0 Å². The zero-order valence-electron chi connectivity index (χ0n) is 8.37. The molecule has 0 aliphatic carbocycles. The van der Waals surface area contributed by atoms with Crippen molar-refractivity contribution >= 4 is 5.69 Å². The van der Waals surface area contributed by atoms with Crippen molar-refractivity contribution in [3.05, 3.63) is 48.8 Å². The second kappa shape index (κ2) is 4.71. The first-order valence-corrected chi connectivity index (χ1v) is 4.69. The summed E-state index contributed by atoms with van der Waals surface area (Å²) in [4.78, 5) is 3.87. The van der Waals surface area contributed by atoms with E-state index in [2.05, 4.69) is 4.98 Å². The molecule has 0 amide bonds. The maximum atomic E-state index is 8.92. The van der Waals surface area contributed by atoms with Crippen molar-refractivity contribution in [1.29, 1.82) is 0 Å². The fourth-order valence-corrected chi connectivity index (χ4v) is 1.24. The molecule has 5 heteroatoms. The van der Waals surface area contributed by atoms with Gasteiger partial charge in [-0.2, -0.15) is 10.4 Å². The predicted octanol–water partition coefficient (Wildman–Crippen LogP) is 1.17. The van der Waals surface area contributed by atoms with Gasteiger partial charge in [0.1, 0.15) is 11.5 Å². The summed E-state index contributed by atoms with van der Waals surface area (Å²) in [7, 11) is 0. The van der Waals surface area contributed by atoms with E-state index in [1.165, 1.54) is 6.07 Å². The number of quaternary nitrogens is 1. The van der Waals surface area contributed by atoms with Crippen LogP contribution in [0.1, 0.15) is 0 Å². The highest BCUT2D eigenvalue weighted by molar-refractivity contribution is 5.39. The molecule has 1 aromatic carbocycles. The molecule has 0 aliphatic rings. The van der Waals surface area contributed by atoms with E-state index in [4.69, 9.17) is 15.2 Å². The lowest BCUT2D eigenvalue weighted by molar-refractivity contribution is -1.19. The standard InChI is InChI=1S/C11H10N2O3/c14-13(15)9-2-1-3-11(8-9)16-10-4-6-12-7-5-10/h1-8,14-15H/p+1. The summed E-state index contributed by atoms with van der Waals surface area (Å²) in [6.07, 6.45) is 3.24. The molecule has 1 aromatic heterocycles. The Kier molecular flexibility index (Phi) is 3.11. The molecule has 0 saturated heterocycles. The Bertz CT molecular complexity index is 460. The molecule has 0 bridgehead atoms. The summed E-state index contributed by atoms with van der Waals surface area (Å²) < 4.78 is 5.49. The Balaban J connectivity index is 2.19. The van der Waals surface area contributed by atoms with E-state index in [0.717, 1.165) is 0 Å². The second-order valence-electron chi connectivity index (χ2n) is 3.14. The van der Waals surface area contributed by atoms with Crippen LogP contribution in [0.5, 0.6) is 11.5 Å². The largest absolute Gasteiger partial charge is 0.457 e. The molecule has 2 aromatic rings. The molecule has 0 aliphatic heterocycles. The molecular weight excluding hydrogens is 208 g/mol. The average molecular weight is 219 g/mol. The molecule has 0 fully saturated rings. The molecule has 5 nitrogen and oxygen atoms in total. The quantitative estimate of drug-likeness (QED) is 0.678. The molecule has 0 atom stereocenters. The summed E-state index contributed by atoms with van der Waals surface area (Å²) in [5, 5.41) is 17.1. The number of nitrogens with zero attached hydrogens (tertiary/aromatic N) is 1. The van der Waals surface area contributed by atoms with E-state index in [1.807, 2.05) is 0 Å². The Morgan fingerprint density at radius 3 is 2.44 bits per heavy atom. The Morgan fingerprint density at radius 2 is 1.75 bits per heavy atom. The maximum Gasteiger partial charge on any atom is 0.200 e. The van der Waals surface area contributed by atoms with Crippen LogP contribution in [0.25, 0.3) is 0 Å². The lowest BCUT2D eigenvalue weighted by atomic mass is 10.3. The maximum absolute atomic E-state index is 8.92. The first-order valence-electron chi connectivity index (χ1n) is 4.69. The molecule has 2 rings (SSSR count). The van der Waals surface area contributed by atoms with Crippen molar-refractivity contribution in [1.82, 2.24) is 4.98 Å². The van der Waals surface area contributed by atoms with Crippen LogP contribution in [0.3, 0.4) is 0 Å². The van der Waals surface area contributed by atoms with Crippen LogP contribution in [0.4, 0.5) is 5.69 Å². The topological polar surface area (TPSA) is 67.0 Å². The first kappa shape index (κ1) is 10.6. The van der Waals surface area contributed by atoms with Gasteiger partial charge in [-0.15, -0.1) is 0 Å². The molecule has 1 heterocycles. The normalized spacial score (nSPS) is 10.4. The van der Waals surface area contributed by atoms with Crippen LogP contribution in [-0.4, -0.2) is 15.4 Å². The lowest BCUT2D eigenvalue weighted by Gasteiger charge is -2.06. The third-order valence-corrected chi connectivity index (χ3v) is 1.98. The SMILES string of the molecule is O[NH+](O)c1cccc(Oc2ccncc2)c1. The van der Waals surface area contributed by atoms with E-state index < -0.39 is 5.23 Å². The molecule has 82 valence electrons. The number of benzene rings is 1. The number of hydrogen-bond acceptors (Lipinski definition) is 4. The van der Waals surface area contributed by atoms with Crippen molar-refractivity contribution in [2.75, 3.05) is 0 Å². The van der Waals surface area contributed by atoms with Gasteiger partial charge in [-0.05, 0) is 23.4 Å². The van der Waals surface area contributed by atoms with Gasteiger partial charge in [-0.25, -0.2) is 0 Å². The number of nitrogens with one attached hydrogen (secondary N) is 1. The Hall–Kier alpha value is -1.95. The molecule has 0 saturated carbocycles. The van der Waals surface area contributed by atoms with Gasteiger partial charge in [-0.1, -0.05) is 6.07 Å². The van der Waals surface area contributed by atoms with Gasteiger partial charge in [0.25, 0.3) is 0 Å². The van der Waals surface area contributed by atoms with Crippen molar-refractivity contribution in [3.8, 4) is 11.5 Å². The zero-order valence-corrected chi connectivity index (χ0v) is 8.37. The highest BCUT2D eigenvalue weighted by atomic mass is 16.8. The summed E-state index contributed by atoms with van der Waals surface area (Å²) in [6.45, 7) is 0. The summed E-state index contributed by atoms with van der Waals surface area (Å²) in [6, 6.07) is 9.96. The fraction of sp³-hybridized carbons (Fsp3) is 0. The van der Waals surface area contributed by atoms with Gasteiger partial charge in [-0.3, -0.25) is 4.98 Å². The number of hydrogen-bond donors (Lipinski definition) is 3. The second-order valence-corrected chi connectivity index (χ2v) is 3.14. The molecular formula is C11H11N2O3+. The minimum atomic E-state index is -0.722. The van der Waals surface area contributed by atoms with Crippen LogP contribution in [-0.2, 0) is 0 Å². The molecule has 0 unspecified atom stereocenters. The monoisotopic (exact) mass is 219 g/mol. The van der Waals surface area contributed by atoms with Crippen molar-refractivity contribution < 1.29 is 20.4 Å². The number of rotatable bonds is 3. The van der Waals surface area contributed by atoms with Crippen molar-refractivity contribution in [3.63, 3.8) is 0 Å². The van der Waals surface area contributed by atoms with Gasteiger partial charge < -0.3 is 4.74 Å². The number of aromatic nitrogens is 1. The molecule has 16 heavy (non-hydrogen) atoms. The van der Waals surface area contributed by atoms with Crippen LogP contribution in [0.2, 0.25) is 0 Å². The van der Waals surface area contributed by atoms with Gasteiger partial charge in [0.05, 0.1) is 0 Å². The molecule has 3 N–H and O–H groups in total. The van der Waals surface area contributed by atoms with E-state index in [0.29, 0.717) is 17.2 Å². The average Bonchev–Trinajstić information content (AvgIpc) is 2.30. The van der Waals surface area contributed by atoms with E-state index >= 15 is 0 Å². The van der Waals surface area contributed by atoms with Gasteiger partial charge >= 0.3 is 0 Å². The smallest absolute Gasteiger partial charge is 0.200 e. The Morgan fingerprint density at radius 1 is 1.00 bits per heavy atom. The van der Waals surface area contributed by atoms with Crippen LogP contribution in [0.15, 0.2) is 48.8 Å². The summed E-state index contributed by atoms with van der Waals surface area (Å²) in [5.41, 5.74) is 0.312. The highest BCUT2D eigenvalue weighted by Gasteiger charge is 2.06. The van der Waals surface area contributed by atoms with E-state index in [1.54, 1.807) is 42.7 Å². The number of pyridine rings is 1. The van der Waals surface area contributed by atoms with Crippen LogP contribution < -0.4 is 9.96 Å². The summed E-state index contributed by atoms with van der Waals surface area (Å²) in [5.74, 6) is 1.17. The fourth-order valence-electron chi connectivity index (χ4n) is 1.24. The van der Waals surface area contributed by atoms with Crippen molar-refractivity contribution in [2.45, 2.75) is 0 Å². The van der Waals surface area contributed by atoms with Gasteiger partial charge in [0.15, 0.2) is 0 Å². The molecule has 0 spiro atoms.